The quantitative estimate of drug-likeness (QED) is 0.619. The third kappa shape index (κ3) is 5.11. The van der Waals surface area contributed by atoms with E-state index in [4.69, 9.17) is 11.6 Å². The zero-order chi connectivity index (χ0) is 19.2. The van der Waals surface area contributed by atoms with Crippen molar-refractivity contribution in [3.05, 3.63) is 65.2 Å². The highest BCUT2D eigenvalue weighted by atomic mass is 35.5. The molecule has 2 N–H and O–H groups in total. The van der Waals surface area contributed by atoms with Crippen LogP contribution >= 0.6 is 11.6 Å². The fraction of sp³-hybridized carbons (Fsp3) is 0.238. The summed E-state index contributed by atoms with van der Waals surface area (Å²) in [6.45, 7) is 1.06. The number of benzene rings is 2. The van der Waals surface area contributed by atoms with Crippen molar-refractivity contribution in [3.63, 3.8) is 0 Å². The van der Waals surface area contributed by atoms with Gasteiger partial charge in [-0.3, -0.25) is 9.59 Å². The molecule has 0 bridgehead atoms. The molecule has 3 rings (SSSR count). The van der Waals surface area contributed by atoms with Gasteiger partial charge in [-0.15, -0.1) is 0 Å². The minimum Gasteiger partial charge on any atom is -0.506 e. The van der Waals surface area contributed by atoms with Crippen molar-refractivity contribution in [1.82, 2.24) is 4.90 Å². The molecule has 140 valence electrons. The van der Waals surface area contributed by atoms with Gasteiger partial charge in [0.05, 0.1) is 5.69 Å². The number of carbonyl (C=O) groups excluding carboxylic acids is 2. The van der Waals surface area contributed by atoms with Gasteiger partial charge in [0.15, 0.2) is 0 Å². The van der Waals surface area contributed by atoms with E-state index >= 15 is 0 Å². The van der Waals surface area contributed by atoms with Gasteiger partial charge in [0.1, 0.15) is 5.75 Å². The summed E-state index contributed by atoms with van der Waals surface area (Å²) in [6.07, 6.45) is 4.50. The summed E-state index contributed by atoms with van der Waals surface area (Å²) in [6, 6.07) is 13.9. The van der Waals surface area contributed by atoms with Gasteiger partial charge in [0, 0.05) is 30.1 Å². The van der Waals surface area contributed by atoms with Gasteiger partial charge in [0.2, 0.25) is 11.8 Å². The van der Waals surface area contributed by atoms with Crippen LogP contribution in [0, 0.1) is 5.92 Å². The number of hydrogen-bond acceptors (Lipinski definition) is 3. The molecule has 1 heterocycles. The molecule has 6 heteroatoms. The number of aromatic hydroxyl groups is 1. The number of nitrogens with zero attached hydrogens (tertiary/aromatic N) is 1. The number of amides is 2. The fourth-order valence-electron chi connectivity index (χ4n) is 3.02. The Morgan fingerprint density at radius 3 is 2.41 bits per heavy atom. The van der Waals surface area contributed by atoms with E-state index in [9.17, 15) is 14.7 Å². The predicted octanol–water partition coefficient (Wildman–Crippen LogP) is 3.94. The molecule has 0 atom stereocenters. The average molecular weight is 385 g/mol. The molecule has 27 heavy (non-hydrogen) atoms. The zero-order valence-corrected chi connectivity index (χ0v) is 15.5. The lowest BCUT2D eigenvalue weighted by Gasteiger charge is -2.30. The van der Waals surface area contributed by atoms with Gasteiger partial charge in [-0.25, -0.2) is 0 Å². The molecule has 2 aromatic rings. The Labute approximate surface area is 163 Å². The molecule has 5 nitrogen and oxygen atoms in total. The van der Waals surface area contributed by atoms with Crippen LogP contribution in [-0.2, 0) is 9.59 Å². The third-order valence-electron chi connectivity index (χ3n) is 4.63. The number of para-hydroxylation sites is 2. The van der Waals surface area contributed by atoms with Crippen LogP contribution in [-0.4, -0.2) is 34.9 Å². The van der Waals surface area contributed by atoms with E-state index in [0.29, 0.717) is 36.6 Å². The molecule has 0 radical (unpaired) electrons. The van der Waals surface area contributed by atoms with Crippen LogP contribution in [0.4, 0.5) is 5.69 Å². The lowest BCUT2D eigenvalue weighted by molar-refractivity contribution is -0.130. The maximum Gasteiger partial charge on any atom is 0.246 e. The first-order valence-corrected chi connectivity index (χ1v) is 9.22. The minimum atomic E-state index is -0.172. The predicted molar refractivity (Wildman–Crippen MR) is 107 cm³/mol. The highest BCUT2D eigenvalue weighted by Gasteiger charge is 2.26. The Morgan fingerprint density at radius 2 is 1.74 bits per heavy atom. The Balaban J connectivity index is 1.50. The van der Waals surface area contributed by atoms with Gasteiger partial charge in [-0.2, -0.15) is 0 Å². The van der Waals surface area contributed by atoms with Crippen LogP contribution in [0.15, 0.2) is 54.6 Å². The van der Waals surface area contributed by atoms with Crippen LogP contribution in [0.2, 0.25) is 5.02 Å². The normalized spacial score (nSPS) is 15.1. The maximum atomic E-state index is 12.4. The maximum absolute atomic E-state index is 12.4. The number of anilines is 1. The van der Waals surface area contributed by atoms with E-state index in [2.05, 4.69) is 5.32 Å². The van der Waals surface area contributed by atoms with E-state index in [1.807, 2.05) is 12.1 Å². The summed E-state index contributed by atoms with van der Waals surface area (Å²) in [5, 5.41) is 13.2. The molecule has 2 aromatic carbocycles. The molecule has 0 unspecified atom stereocenters. The number of halogens is 1. The van der Waals surface area contributed by atoms with Gasteiger partial charge < -0.3 is 15.3 Å². The highest BCUT2D eigenvalue weighted by molar-refractivity contribution is 6.30. The van der Waals surface area contributed by atoms with Gasteiger partial charge in [-0.05, 0) is 48.7 Å². The van der Waals surface area contributed by atoms with Crippen molar-refractivity contribution in [3.8, 4) is 5.75 Å². The number of hydrogen-bond donors (Lipinski definition) is 2. The highest BCUT2D eigenvalue weighted by Crippen LogP contribution is 2.25. The molecule has 1 aliphatic rings. The van der Waals surface area contributed by atoms with E-state index in [1.54, 1.807) is 47.4 Å². The van der Waals surface area contributed by atoms with Crippen LogP contribution in [0.5, 0.6) is 5.75 Å². The number of phenolic OH excluding ortho intramolecular Hbond substituents is 1. The fourth-order valence-corrected chi connectivity index (χ4v) is 3.15. The third-order valence-corrected chi connectivity index (χ3v) is 4.88. The molecule has 0 aromatic heterocycles. The Bertz CT molecular complexity index is 841. The Kier molecular flexibility index (Phi) is 6.14. The summed E-state index contributed by atoms with van der Waals surface area (Å²) in [4.78, 5) is 26.5. The smallest absolute Gasteiger partial charge is 0.246 e. The topological polar surface area (TPSA) is 69.6 Å². The number of carbonyl (C=O) groups is 2. The SMILES string of the molecule is O=C(Nc1ccccc1O)C1CCN(C(=O)C=Cc2ccc(Cl)cc2)CC1. The summed E-state index contributed by atoms with van der Waals surface area (Å²) in [5.74, 6) is -0.315. The molecule has 2 amide bonds. The van der Waals surface area contributed by atoms with Crippen LogP contribution < -0.4 is 5.32 Å². The Morgan fingerprint density at radius 1 is 1.07 bits per heavy atom. The average Bonchev–Trinajstić information content (AvgIpc) is 2.69. The second kappa shape index (κ2) is 8.73. The molecule has 1 aliphatic heterocycles. The van der Waals surface area contributed by atoms with E-state index in [-0.39, 0.29) is 23.5 Å². The molecule has 1 saturated heterocycles. The lowest BCUT2D eigenvalue weighted by atomic mass is 9.95. The summed E-state index contributed by atoms with van der Waals surface area (Å²) < 4.78 is 0. The van der Waals surface area contributed by atoms with Crippen molar-refractivity contribution in [2.45, 2.75) is 12.8 Å². The first kappa shape index (κ1) is 19.0. The first-order chi connectivity index (χ1) is 13.0. The second-order valence-corrected chi connectivity index (χ2v) is 6.93. The zero-order valence-electron chi connectivity index (χ0n) is 14.8. The molecular weight excluding hydrogens is 364 g/mol. The number of rotatable bonds is 4. The van der Waals surface area contributed by atoms with Gasteiger partial charge in [-0.1, -0.05) is 35.9 Å². The number of nitrogens with one attached hydrogen (secondary N) is 1. The van der Waals surface area contributed by atoms with Gasteiger partial charge >= 0.3 is 0 Å². The molecule has 0 aliphatic carbocycles. The monoisotopic (exact) mass is 384 g/mol. The summed E-state index contributed by atoms with van der Waals surface area (Å²) >= 11 is 5.85. The van der Waals surface area contributed by atoms with E-state index in [1.165, 1.54) is 6.07 Å². The van der Waals surface area contributed by atoms with Crippen LogP contribution in [0.3, 0.4) is 0 Å². The van der Waals surface area contributed by atoms with Crippen molar-refractivity contribution in [2.24, 2.45) is 5.92 Å². The lowest BCUT2D eigenvalue weighted by Crippen LogP contribution is -2.40. The standard InChI is InChI=1S/C21H21ClN2O3/c22-17-8-5-15(6-9-17)7-10-20(26)24-13-11-16(12-14-24)21(27)23-18-3-1-2-4-19(18)25/h1-10,16,25H,11-14H2,(H,23,27). The first-order valence-electron chi connectivity index (χ1n) is 8.84. The minimum absolute atomic E-state index is 0.0470. The Hall–Kier alpha value is -2.79. The molecule has 1 fully saturated rings. The van der Waals surface area contributed by atoms with Gasteiger partial charge in [0.25, 0.3) is 0 Å². The van der Waals surface area contributed by atoms with E-state index in [0.717, 1.165) is 5.56 Å². The van der Waals surface area contributed by atoms with Crippen molar-refractivity contribution < 1.29 is 14.7 Å². The van der Waals surface area contributed by atoms with Crippen molar-refractivity contribution in [2.75, 3.05) is 18.4 Å². The largest absolute Gasteiger partial charge is 0.506 e. The van der Waals surface area contributed by atoms with E-state index < -0.39 is 0 Å². The van der Waals surface area contributed by atoms with Crippen LogP contribution in [0.25, 0.3) is 6.08 Å². The molecule has 0 saturated carbocycles. The second-order valence-electron chi connectivity index (χ2n) is 6.49. The summed E-state index contributed by atoms with van der Waals surface area (Å²) in [5.41, 5.74) is 1.32. The van der Waals surface area contributed by atoms with Crippen molar-refractivity contribution >= 4 is 35.2 Å². The van der Waals surface area contributed by atoms with Crippen LogP contribution in [0.1, 0.15) is 18.4 Å². The van der Waals surface area contributed by atoms with Crippen molar-refractivity contribution in [1.29, 1.82) is 0 Å². The molecule has 0 spiro atoms. The summed E-state index contributed by atoms with van der Waals surface area (Å²) in [7, 11) is 0. The molecular formula is C21H21ClN2O3. The number of phenols is 1. The number of piperidine rings is 1. The number of likely N-dealkylation sites (tertiary alicyclic amines) is 1.